The number of rotatable bonds is 5. The third-order valence-corrected chi connectivity index (χ3v) is 2.63. The maximum Gasteiger partial charge on any atom is 0.164 e. The van der Waals surface area contributed by atoms with E-state index in [9.17, 15) is 0 Å². The predicted octanol–water partition coefficient (Wildman–Crippen LogP) is 1.75. The summed E-state index contributed by atoms with van der Waals surface area (Å²) in [7, 11) is 3.28. The molecule has 0 atom stereocenters. The van der Waals surface area contributed by atoms with Gasteiger partial charge in [-0.05, 0) is 25.0 Å². The van der Waals surface area contributed by atoms with Gasteiger partial charge in [0.1, 0.15) is 0 Å². The van der Waals surface area contributed by atoms with Crippen LogP contribution in [0.25, 0.3) is 0 Å². The average Bonchev–Trinajstić information content (AvgIpc) is 2.27. The summed E-state index contributed by atoms with van der Waals surface area (Å²) in [4.78, 5) is 4.61. The zero-order valence-electron chi connectivity index (χ0n) is 10.3. The van der Waals surface area contributed by atoms with Gasteiger partial charge in [0.05, 0.1) is 20.8 Å². The van der Waals surface area contributed by atoms with Crippen LogP contribution in [0.15, 0.2) is 6.07 Å². The molecule has 0 bridgehead atoms. The van der Waals surface area contributed by atoms with Gasteiger partial charge in [-0.15, -0.1) is 0 Å². The Hall–Kier alpha value is -1.26. The highest BCUT2D eigenvalue weighted by atomic mass is 16.6. The van der Waals surface area contributed by atoms with Gasteiger partial charge >= 0.3 is 0 Å². The summed E-state index contributed by atoms with van der Waals surface area (Å²) in [6.45, 7) is 4.50. The smallest absolute Gasteiger partial charge is 0.164 e. The molecular formula is C12H19NO3. The number of ether oxygens (including phenoxy) is 2. The van der Waals surface area contributed by atoms with Crippen molar-refractivity contribution in [3.8, 4) is 11.5 Å². The largest absolute Gasteiger partial charge is 0.493 e. The van der Waals surface area contributed by atoms with Crippen molar-refractivity contribution in [2.75, 3.05) is 20.8 Å². The van der Waals surface area contributed by atoms with Crippen LogP contribution >= 0.6 is 0 Å². The van der Waals surface area contributed by atoms with Crippen molar-refractivity contribution in [2.24, 2.45) is 5.90 Å². The summed E-state index contributed by atoms with van der Waals surface area (Å²) in [6, 6.07) is 2.08. The molecule has 0 aliphatic rings. The van der Waals surface area contributed by atoms with E-state index in [-0.39, 0.29) is 0 Å². The molecule has 1 aromatic carbocycles. The molecule has 2 N–H and O–H groups in total. The van der Waals surface area contributed by atoms with Gasteiger partial charge in [-0.2, -0.15) is 0 Å². The molecular weight excluding hydrogens is 206 g/mol. The van der Waals surface area contributed by atoms with Crippen molar-refractivity contribution in [3.63, 3.8) is 0 Å². The molecule has 1 aromatic rings. The van der Waals surface area contributed by atoms with Crippen LogP contribution in [0.2, 0.25) is 0 Å². The molecule has 0 aliphatic carbocycles. The molecule has 16 heavy (non-hydrogen) atoms. The van der Waals surface area contributed by atoms with Crippen molar-refractivity contribution in [1.82, 2.24) is 0 Å². The van der Waals surface area contributed by atoms with E-state index in [2.05, 4.69) is 10.9 Å². The summed E-state index contributed by atoms with van der Waals surface area (Å²) >= 11 is 0. The first-order chi connectivity index (χ1) is 7.65. The average molecular weight is 225 g/mol. The fourth-order valence-corrected chi connectivity index (χ4v) is 1.91. The number of benzene rings is 1. The molecule has 0 unspecified atom stereocenters. The fraction of sp³-hybridized carbons (Fsp3) is 0.500. The van der Waals surface area contributed by atoms with E-state index in [0.717, 1.165) is 28.2 Å². The maximum absolute atomic E-state index is 5.40. The molecule has 90 valence electrons. The van der Waals surface area contributed by atoms with Crippen LogP contribution in [0.1, 0.15) is 16.7 Å². The fourth-order valence-electron chi connectivity index (χ4n) is 1.91. The predicted molar refractivity (Wildman–Crippen MR) is 62.9 cm³/mol. The first-order valence-corrected chi connectivity index (χ1v) is 5.18. The van der Waals surface area contributed by atoms with Gasteiger partial charge in [-0.25, -0.2) is 5.90 Å². The Kier molecular flexibility index (Phi) is 4.58. The minimum absolute atomic E-state index is 0.462. The molecule has 0 saturated carbocycles. The maximum atomic E-state index is 5.40. The van der Waals surface area contributed by atoms with Gasteiger partial charge in [0, 0.05) is 12.0 Å². The summed E-state index contributed by atoms with van der Waals surface area (Å²) in [6.07, 6.45) is 0.710. The van der Waals surface area contributed by atoms with Crippen LogP contribution in [-0.4, -0.2) is 20.8 Å². The van der Waals surface area contributed by atoms with E-state index in [1.807, 2.05) is 13.8 Å². The normalized spacial score (nSPS) is 10.3. The summed E-state index contributed by atoms with van der Waals surface area (Å²) in [5, 5.41) is 0. The zero-order chi connectivity index (χ0) is 12.1. The zero-order valence-corrected chi connectivity index (χ0v) is 10.3. The second kappa shape index (κ2) is 5.72. The molecule has 4 heteroatoms. The van der Waals surface area contributed by atoms with Gasteiger partial charge in [0.25, 0.3) is 0 Å². The lowest BCUT2D eigenvalue weighted by molar-refractivity contribution is 0.140. The number of methoxy groups -OCH3 is 2. The van der Waals surface area contributed by atoms with Gasteiger partial charge in [-0.1, -0.05) is 6.07 Å². The van der Waals surface area contributed by atoms with Crippen LogP contribution in [0, 0.1) is 13.8 Å². The van der Waals surface area contributed by atoms with Crippen molar-refractivity contribution in [1.29, 1.82) is 0 Å². The van der Waals surface area contributed by atoms with Gasteiger partial charge in [0.2, 0.25) is 0 Å². The van der Waals surface area contributed by atoms with Crippen LogP contribution in [0.3, 0.4) is 0 Å². The monoisotopic (exact) mass is 225 g/mol. The lowest BCUT2D eigenvalue weighted by atomic mass is 10.0. The Morgan fingerprint density at radius 1 is 1.06 bits per heavy atom. The van der Waals surface area contributed by atoms with E-state index in [1.54, 1.807) is 14.2 Å². The Balaban J connectivity index is 3.22. The van der Waals surface area contributed by atoms with Crippen LogP contribution in [0.4, 0.5) is 0 Å². The molecule has 0 fully saturated rings. The van der Waals surface area contributed by atoms with Crippen molar-refractivity contribution < 1.29 is 14.3 Å². The SMILES string of the molecule is COc1c(C)cc(C)c(CCON)c1OC. The summed E-state index contributed by atoms with van der Waals surface area (Å²) in [5.74, 6) is 6.60. The van der Waals surface area contributed by atoms with Gasteiger partial charge < -0.3 is 14.3 Å². The van der Waals surface area contributed by atoms with Crippen molar-refractivity contribution >= 4 is 0 Å². The highest BCUT2D eigenvalue weighted by Crippen LogP contribution is 2.36. The first-order valence-electron chi connectivity index (χ1n) is 5.18. The van der Waals surface area contributed by atoms with Crippen LogP contribution in [-0.2, 0) is 11.3 Å². The molecule has 0 aliphatic heterocycles. The van der Waals surface area contributed by atoms with Crippen molar-refractivity contribution in [3.05, 3.63) is 22.8 Å². The molecule has 0 amide bonds. The molecule has 0 spiro atoms. The number of hydrogen-bond acceptors (Lipinski definition) is 4. The van der Waals surface area contributed by atoms with Gasteiger partial charge in [-0.3, -0.25) is 0 Å². The van der Waals surface area contributed by atoms with Crippen molar-refractivity contribution in [2.45, 2.75) is 20.3 Å². The highest BCUT2D eigenvalue weighted by molar-refractivity contribution is 5.55. The Bertz CT molecular complexity index is 364. The third kappa shape index (κ3) is 2.46. The standard InChI is InChI=1S/C12H19NO3/c1-8-7-9(2)11(14-3)12(15-4)10(8)5-6-16-13/h7H,5-6,13H2,1-4H3. The first kappa shape index (κ1) is 12.8. The lowest BCUT2D eigenvalue weighted by Gasteiger charge is -2.17. The topological polar surface area (TPSA) is 53.7 Å². The minimum atomic E-state index is 0.462. The summed E-state index contributed by atoms with van der Waals surface area (Å²) in [5.41, 5.74) is 3.30. The second-order valence-electron chi connectivity index (χ2n) is 3.68. The van der Waals surface area contributed by atoms with E-state index < -0.39 is 0 Å². The molecule has 4 nitrogen and oxygen atoms in total. The van der Waals surface area contributed by atoms with E-state index >= 15 is 0 Å². The Labute approximate surface area is 96.3 Å². The van der Waals surface area contributed by atoms with Crippen LogP contribution in [0.5, 0.6) is 11.5 Å². The second-order valence-corrected chi connectivity index (χ2v) is 3.68. The summed E-state index contributed by atoms with van der Waals surface area (Å²) < 4.78 is 10.8. The molecule has 0 aromatic heterocycles. The number of aryl methyl sites for hydroxylation is 2. The molecule has 0 heterocycles. The number of hydrogen-bond donors (Lipinski definition) is 1. The lowest BCUT2D eigenvalue weighted by Crippen LogP contribution is -2.07. The molecule has 0 radical (unpaired) electrons. The molecule has 0 saturated heterocycles. The minimum Gasteiger partial charge on any atom is -0.493 e. The Morgan fingerprint density at radius 2 is 1.69 bits per heavy atom. The van der Waals surface area contributed by atoms with E-state index in [4.69, 9.17) is 15.4 Å². The number of nitrogens with two attached hydrogens (primary N) is 1. The highest BCUT2D eigenvalue weighted by Gasteiger charge is 2.15. The van der Waals surface area contributed by atoms with Gasteiger partial charge in [0.15, 0.2) is 11.5 Å². The quantitative estimate of drug-likeness (QED) is 0.776. The van der Waals surface area contributed by atoms with Crippen LogP contribution < -0.4 is 15.4 Å². The van der Waals surface area contributed by atoms with E-state index in [1.165, 1.54) is 0 Å². The van der Waals surface area contributed by atoms with E-state index in [0.29, 0.717) is 13.0 Å². The molecule has 1 rings (SSSR count). The third-order valence-electron chi connectivity index (χ3n) is 2.63. The Morgan fingerprint density at radius 3 is 2.19 bits per heavy atom.